The Kier molecular flexibility index (Phi) is 9.96. The SMILES string of the molecule is CCOC(=O)[C@@H](CC(C)C)N[P@@](=O)(OC[C@H]1O[C@@H](n2ccc(=O)[nH]c2=O)[C@](C)(Cl)[C@@H]1O)Oc1ccccc1. The fourth-order valence-corrected chi connectivity index (χ4v) is 5.76. The smallest absolute Gasteiger partial charge is 0.459 e. The number of esters is 1. The minimum absolute atomic E-state index is 0.0374. The van der Waals surface area contributed by atoms with Gasteiger partial charge in [0.15, 0.2) is 6.23 Å². The lowest BCUT2D eigenvalue weighted by atomic mass is 10.0. The van der Waals surface area contributed by atoms with Gasteiger partial charge in [0, 0.05) is 12.3 Å². The minimum Gasteiger partial charge on any atom is -0.465 e. The number of aliphatic hydroxyl groups is 1. The van der Waals surface area contributed by atoms with Crippen LogP contribution in [0.4, 0.5) is 0 Å². The van der Waals surface area contributed by atoms with Crippen molar-refractivity contribution in [2.75, 3.05) is 13.2 Å². The van der Waals surface area contributed by atoms with E-state index in [-0.39, 0.29) is 24.7 Å². The average Bonchev–Trinajstić information content (AvgIpc) is 3.06. The molecule has 210 valence electrons. The maximum atomic E-state index is 13.9. The number of rotatable bonds is 12. The lowest BCUT2D eigenvalue weighted by molar-refractivity contribution is -0.145. The topological polar surface area (TPSA) is 158 Å². The summed E-state index contributed by atoms with van der Waals surface area (Å²) in [5.74, 6) is -0.372. The molecule has 12 nitrogen and oxygen atoms in total. The van der Waals surface area contributed by atoms with Gasteiger partial charge in [-0.3, -0.25) is 23.7 Å². The highest BCUT2D eigenvalue weighted by Crippen LogP contribution is 2.48. The molecule has 0 amide bonds. The number of hydrogen-bond donors (Lipinski definition) is 3. The first-order chi connectivity index (χ1) is 17.9. The van der Waals surface area contributed by atoms with Gasteiger partial charge in [0.1, 0.15) is 28.9 Å². The molecule has 1 aliphatic rings. The second kappa shape index (κ2) is 12.6. The Morgan fingerprint density at radius 3 is 2.58 bits per heavy atom. The van der Waals surface area contributed by atoms with Crippen LogP contribution in [0.2, 0.25) is 0 Å². The second-order valence-electron chi connectivity index (χ2n) is 9.40. The molecule has 0 spiro atoms. The number of nitrogens with one attached hydrogen (secondary N) is 2. The molecule has 1 aromatic carbocycles. The predicted octanol–water partition coefficient (Wildman–Crippen LogP) is 2.56. The van der Waals surface area contributed by atoms with Crippen molar-refractivity contribution in [3.05, 3.63) is 63.4 Å². The van der Waals surface area contributed by atoms with Gasteiger partial charge in [0.05, 0.1) is 13.2 Å². The van der Waals surface area contributed by atoms with Crippen LogP contribution in [-0.4, -0.2) is 57.0 Å². The van der Waals surface area contributed by atoms with Gasteiger partial charge in [-0.05, 0) is 38.3 Å². The second-order valence-corrected chi connectivity index (χ2v) is 11.9. The fourth-order valence-electron chi connectivity index (χ4n) is 3.95. The molecule has 3 rings (SSSR count). The standard InChI is InChI=1S/C24H33ClN3O9P/c1-5-34-21(31)17(13-15(2)3)27-38(33,37-16-9-7-6-8-10-16)35-14-18-20(30)24(4,25)22(36-18)28-12-11-19(29)26-23(28)32/h6-12,15,17-18,20,22,30H,5,13-14H2,1-4H3,(H,27,33)(H,26,29,32)/t17-,18-,20-,22-,24-,38-/m1/s1. The molecule has 0 radical (unpaired) electrons. The van der Waals surface area contributed by atoms with Crippen LogP contribution in [-0.2, 0) is 23.4 Å². The van der Waals surface area contributed by atoms with Gasteiger partial charge in [-0.25, -0.2) is 9.36 Å². The van der Waals surface area contributed by atoms with Gasteiger partial charge < -0.3 is 19.1 Å². The molecule has 14 heteroatoms. The minimum atomic E-state index is -4.26. The van der Waals surface area contributed by atoms with E-state index < -0.39 is 60.9 Å². The molecule has 2 heterocycles. The Labute approximate surface area is 224 Å². The number of aromatic amines is 1. The molecule has 6 atom stereocenters. The van der Waals surface area contributed by atoms with Gasteiger partial charge >= 0.3 is 19.4 Å². The number of benzene rings is 1. The lowest BCUT2D eigenvalue weighted by Gasteiger charge is -2.27. The molecule has 1 aromatic heterocycles. The summed E-state index contributed by atoms with van der Waals surface area (Å²) in [5, 5.41) is 13.6. The lowest BCUT2D eigenvalue weighted by Crippen LogP contribution is -2.43. The summed E-state index contributed by atoms with van der Waals surface area (Å²) in [6.07, 6.45) is -2.24. The largest absolute Gasteiger partial charge is 0.465 e. The Bertz CT molecular complexity index is 1250. The number of ether oxygens (including phenoxy) is 2. The Hall–Kier alpha value is -2.47. The van der Waals surface area contributed by atoms with Crippen molar-refractivity contribution in [1.82, 2.24) is 14.6 Å². The highest BCUT2D eigenvalue weighted by atomic mass is 35.5. The first-order valence-corrected chi connectivity index (χ1v) is 14.1. The highest BCUT2D eigenvalue weighted by molar-refractivity contribution is 7.52. The van der Waals surface area contributed by atoms with Gasteiger partial charge in [0.25, 0.3) is 5.56 Å². The molecule has 2 aromatic rings. The van der Waals surface area contributed by atoms with Crippen molar-refractivity contribution in [3.63, 3.8) is 0 Å². The number of hydrogen-bond acceptors (Lipinski definition) is 9. The first-order valence-electron chi connectivity index (χ1n) is 12.1. The van der Waals surface area contributed by atoms with Crippen LogP contribution < -0.4 is 20.9 Å². The molecular weight excluding hydrogens is 541 g/mol. The number of carbonyl (C=O) groups excluding carboxylic acids is 1. The molecular formula is C24H33ClN3O9P. The van der Waals surface area contributed by atoms with Gasteiger partial charge in [-0.2, -0.15) is 5.09 Å². The van der Waals surface area contributed by atoms with E-state index in [1.807, 2.05) is 13.8 Å². The van der Waals surface area contributed by atoms with E-state index in [1.165, 1.54) is 13.1 Å². The summed E-state index contributed by atoms with van der Waals surface area (Å²) in [6.45, 7) is 6.54. The van der Waals surface area contributed by atoms with Crippen LogP contribution in [0.25, 0.3) is 0 Å². The average molecular weight is 574 g/mol. The van der Waals surface area contributed by atoms with E-state index >= 15 is 0 Å². The summed E-state index contributed by atoms with van der Waals surface area (Å²) < 4.78 is 37.3. The molecule has 1 fully saturated rings. The van der Waals surface area contributed by atoms with Crippen LogP contribution in [0.15, 0.2) is 52.2 Å². The molecule has 1 saturated heterocycles. The van der Waals surface area contributed by atoms with Crippen molar-refractivity contribution in [1.29, 1.82) is 0 Å². The van der Waals surface area contributed by atoms with Gasteiger partial charge in [-0.1, -0.05) is 32.0 Å². The van der Waals surface area contributed by atoms with Gasteiger partial charge in [0.2, 0.25) is 0 Å². The summed E-state index contributed by atoms with van der Waals surface area (Å²) in [7, 11) is -4.26. The Morgan fingerprint density at radius 2 is 1.97 bits per heavy atom. The Morgan fingerprint density at radius 1 is 1.29 bits per heavy atom. The van der Waals surface area contributed by atoms with E-state index in [4.69, 9.17) is 30.1 Å². The third-order valence-electron chi connectivity index (χ3n) is 5.79. The summed E-state index contributed by atoms with van der Waals surface area (Å²) >= 11 is 6.56. The number of aliphatic hydroxyl groups excluding tert-OH is 1. The number of aromatic nitrogens is 2. The third kappa shape index (κ3) is 7.34. The zero-order valence-corrected chi connectivity index (χ0v) is 23.2. The normalized spacial score (nSPS) is 25.6. The van der Waals surface area contributed by atoms with E-state index in [0.29, 0.717) is 0 Å². The van der Waals surface area contributed by atoms with Crippen molar-refractivity contribution in [2.24, 2.45) is 5.92 Å². The summed E-state index contributed by atoms with van der Waals surface area (Å²) in [6, 6.07) is 8.32. The molecule has 3 N–H and O–H groups in total. The molecule has 1 aliphatic heterocycles. The van der Waals surface area contributed by atoms with Crippen LogP contribution in [0.5, 0.6) is 5.75 Å². The highest BCUT2D eigenvalue weighted by Gasteiger charge is 2.54. The molecule has 0 saturated carbocycles. The van der Waals surface area contributed by atoms with E-state index in [1.54, 1.807) is 37.3 Å². The van der Waals surface area contributed by atoms with Gasteiger partial charge in [-0.15, -0.1) is 11.6 Å². The van der Waals surface area contributed by atoms with Crippen molar-refractivity contribution in [3.8, 4) is 5.75 Å². The molecule has 38 heavy (non-hydrogen) atoms. The van der Waals surface area contributed by atoms with Crippen LogP contribution in [0.1, 0.15) is 40.3 Å². The number of alkyl halides is 1. The maximum absolute atomic E-state index is 13.9. The Balaban J connectivity index is 1.85. The zero-order valence-electron chi connectivity index (χ0n) is 21.5. The van der Waals surface area contributed by atoms with Crippen LogP contribution in [0.3, 0.4) is 0 Å². The van der Waals surface area contributed by atoms with E-state index in [0.717, 1.165) is 10.6 Å². The number of para-hydroxylation sites is 1. The molecule has 0 aliphatic carbocycles. The van der Waals surface area contributed by atoms with Crippen molar-refractivity contribution < 1.29 is 33.0 Å². The summed E-state index contributed by atoms with van der Waals surface area (Å²) in [5.41, 5.74) is -1.39. The third-order valence-corrected chi connectivity index (χ3v) is 7.77. The predicted molar refractivity (Wildman–Crippen MR) is 139 cm³/mol. The fraction of sp³-hybridized carbons (Fsp3) is 0.542. The van der Waals surface area contributed by atoms with E-state index in [2.05, 4.69) is 10.1 Å². The molecule has 0 bridgehead atoms. The van der Waals surface area contributed by atoms with Crippen LogP contribution >= 0.6 is 19.3 Å². The van der Waals surface area contributed by atoms with Crippen LogP contribution in [0, 0.1) is 5.92 Å². The zero-order chi connectivity index (χ0) is 28.1. The number of H-pyrrole nitrogens is 1. The summed E-state index contributed by atoms with van der Waals surface area (Å²) in [4.78, 5) is 37.0. The monoisotopic (exact) mass is 573 g/mol. The van der Waals surface area contributed by atoms with E-state index in [9.17, 15) is 24.1 Å². The number of nitrogens with zero attached hydrogens (tertiary/aromatic N) is 1. The van der Waals surface area contributed by atoms with Crippen molar-refractivity contribution in [2.45, 2.75) is 63.5 Å². The molecule has 0 unspecified atom stereocenters. The quantitative estimate of drug-likeness (QED) is 0.196. The first kappa shape index (κ1) is 30.1. The number of halogens is 1. The number of carbonyl (C=O) groups is 1. The maximum Gasteiger partial charge on any atom is 0.459 e. The van der Waals surface area contributed by atoms with Crippen molar-refractivity contribution >= 4 is 25.3 Å².